The summed E-state index contributed by atoms with van der Waals surface area (Å²) < 4.78 is 33.1. The van der Waals surface area contributed by atoms with Crippen molar-refractivity contribution in [2.45, 2.75) is 30.2 Å². The molecule has 3 rings (SSSR count). The fourth-order valence-electron chi connectivity index (χ4n) is 3.00. The lowest BCUT2D eigenvalue weighted by Crippen LogP contribution is -2.31. The van der Waals surface area contributed by atoms with Gasteiger partial charge in [-0.3, -0.25) is 0 Å². The molecule has 0 radical (unpaired) electrons. The molecule has 0 spiro atoms. The van der Waals surface area contributed by atoms with Gasteiger partial charge in [0.05, 0.1) is 4.90 Å². The molecule has 1 unspecified atom stereocenters. The van der Waals surface area contributed by atoms with Crippen molar-refractivity contribution in [3.05, 3.63) is 59.7 Å². The molecule has 0 amide bonds. The summed E-state index contributed by atoms with van der Waals surface area (Å²) in [5, 5.41) is 8.69. The van der Waals surface area contributed by atoms with Crippen LogP contribution in [0.15, 0.2) is 53.4 Å². The number of carboxylic acids is 1. The minimum Gasteiger partial charge on any atom is -0.482 e. The minimum absolute atomic E-state index is 0.239. The van der Waals surface area contributed by atoms with Crippen molar-refractivity contribution in [1.29, 1.82) is 0 Å². The molecule has 1 atom stereocenters. The van der Waals surface area contributed by atoms with Gasteiger partial charge in [-0.25, -0.2) is 17.9 Å². The average molecular weight is 361 g/mol. The van der Waals surface area contributed by atoms with E-state index in [1.165, 1.54) is 0 Å². The van der Waals surface area contributed by atoms with Gasteiger partial charge in [0.25, 0.3) is 0 Å². The number of ether oxygens (including phenoxy) is 1. The maximum Gasteiger partial charge on any atom is 0.341 e. The highest BCUT2D eigenvalue weighted by atomic mass is 32.2. The highest BCUT2D eigenvalue weighted by Gasteiger charge is 2.26. The molecule has 1 aliphatic carbocycles. The number of fused-ring (bicyclic) bond motifs is 1. The molecular formula is C18H19NO5S. The normalized spacial score (nSPS) is 16.9. The third-order valence-electron chi connectivity index (χ3n) is 4.14. The monoisotopic (exact) mass is 361 g/mol. The number of aliphatic carboxylic acids is 1. The fourth-order valence-corrected chi connectivity index (χ4v) is 4.27. The summed E-state index contributed by atoms with van der Waals surface area (Å²) >= 11 is 0. The Kier molecular flexibility index (Phi) is 5.06. The van der Waals surface area contributed by atoms with E-state index in [-0.39, 0.29) is 10.9 Å². The van der Waals surface area contributed by atoms with Gasteiger partial charge in [-0.05, 0) is 54.7 Å². The lowest BCUT2D eigenvalue weighted by Gasteiger charge is -2.26. The number of hydrogen-bond donors (Lipinski definition) is 2. The molecule has 0 saturated heterocycles. The zero-order valence-corrected chi connectivity index (χ0v) is 14.3. The van der Waals surface area contributed by atoms with Crippen LogP contribution in [-0.4, -0.2) is 26.1 Å². The van der Waals surface area contributed by atoms with Crippen LogP contribution in [0.2, 0.25) is 0 Å². The van der Waals surface area contributed by atoms with Gasteiger partial charge < -0.3 is 9.84 Å². The van der Waals surface area contributed by atoms with E-state index in [0.717, 1.165) is 24.0 Å². The molecule has 1 aliphatic rings. The van der Waals surface area contributed by atoms with Crippen molar-refractivity contribution in [1.82, 2.24) is 4.72 Å². The topological polar surface area (TPSA) is 92.7 Å². The molecule has 0 saturated carbocycles. The third kappa shape index (κ3) is 4.18. The first-order chi connectivity index (χ1) is 12.0. The van der Waals surface area contributed by atoms with Gasteiger partial charge in [-0.1, -0.05) is 24.3 Å². The van der Waals surface area contributed by atoms with Gasteiger partial charge in [-0.2, -0.15) is 0 Å². The van der Waals surface area contributed by atoms with Crippen LogP contribution in [-0.2, 0) is 21.2 Å². The van der Waals surface area contributed by atoms with Gasteiger partial charge in [0.1, 0.15) is 5.75 Å². The van der Waals surface area contributed by atoms with E-state index in [2.05, 4.69) is 4.72 Å². The standard InChI is InChI=1S/C18H19NO5S/c20-18(21)12-24-14-9-10-16-13(11-14)5-4-8-17(16)19-25(22,23)15-6-2-1-3-7-15/h1-3,6-7,9-11,17,19H,4-5,8,12H2,(H,20,21). The Balaban J connectivity index is 1.81. The first-order valence-corrected chi connectivity index (χ1v) is 9.49. The fraction of sp³-hybridized carbons (Fsp3) is 0.278. The van der Waals surface area contributed by atoms with Crippen molar-refractivity contribution in [3.8, 4) is 5.75 Å². The predicted octanol–water partition coefficient (Wildman–Crippen LogP) is 2.51. The van der Waals surface area contributed by atoms with Crippen LogP contribution in [0.5, 0.6) is 5.75 Å². The second-order valence-electron chi connectivity index (χ2n) is 5.92. The highest BCUT2D eigenvalue weighted by molar-refractivity contribution is 7.89. The van der Waals surface area contributed by atoms with Crippen LogP contribution < -0.4 is 9.46 Å². The summed E-state index contributed by atoms with van der Waals surface area (Å²) in [6.45, 7) is -0.400. The van der Waals surface area contributed by atoms with Crippen molar-refractivity contribution in [2.75, 3.05) is 6.61 Å². The van der Waals surface area contributed by atoms with Crippen LogP contribution in [0, 0.1) is 0 Å². The number of carbonyl (C=O) groups is 1. The second kappa shape index (κ2) is 7.25. The molecule has 7 heteroatoms. The maximum absolute atomic E-state index is 12.6. The largest absolute Gasteiger partial charge is 0.482 e. The van der Waals surface area contributed by atoms with E-state index in [0.29, 0.717) is 12.2 Å². The van der Waals surface area contributed by atoms with Crippen molar-refractivity contribution in [3.63, 3.8) is 0 Å². The minimum atomic E-state index is -3.59. The average Bonchev–Trinajstić information content (AvgIpc) is 2.60. The second-order valence-corrected chi connectivity index (χ2v) is 7.64. The molecule has 25 heavy (non-hydrogen) atoms. The Hall–Kier alpha value is -2.38. The van der Waals surface area contributed by atoms with Crippen LogP contribution >= 0.6 is 0 Å². The zero-order valence-electron chi connectivity index (χ0n) is 13.5. The molecule has 6 nitrogen and oxygen atoms in total. The van der Waals surface area contributed by atoms with E-state index < -0.39 is 22.6 Å². The molecule has 0 fully saturated rings. The predicted molar refractivity (Wildman–Crippen MR) is 92.0 cm³/mol. The number of nitrogens with one attached hydrogen (secondary N) is 1. The van der Waals surface area contributed by atoms with Gasteiger partial charge in [-0.15, -0.1) is 0 Å². The first-order valence-electron chi connectivity index (χ1n) is 8.00. The molecule has 2 aromatic carbocycles. The van der Waals surface area contributed by atoms with Gasteiger partial charge in [0.15, 0.2) is 6.61 Å². The summed E-state index contributed by atoms with van der Waals surface area (Å²) in [7, 11) is -3.59. The smallest absolute Gasteiger partial charge is 0.341 e. The number of rotatable bonds is 6. The maximum atomic E-state index is 12.6. The summed E-state index contributed by atoms with van der Waals surface area (Å²) in [6, 6.07) is 13.3. The number of carboxylic acid groups (broad SMARTS) is 1. The molecule has 2 N–H and O–H groups in total. The molecule has 132 valence electrons. The van der Waals surface area contributed by atoms with Crippen molar-refractivity contribution < 1.29 is 23.1 Å². The number of aryl methyl sites for hydroxylation is 1. The number of benzene rings is 2. The number of sulfonamides is 1. The summed E-state index contributed by atoms with van der Waals surface area (Å²) in [5.41, 5.74) is 1.89. The van der Waals surface area contributed by atoms with Crippen LogP contribution in [0.1, 0.15) is 30.0 Å². The van der Waals surface area contributed by atoms with Crippen molar-refractivity contribution in [2.24, 2.45) is 0 Å². The van der Waals surface area contributed by atoms with E-state index >= 15 is 0 Å². The highest BCUT2D eigenvalue weighted by Crippen LogP contribution is 2.33. The van der Waals surface area contributed by atoms with Crippen LogP contribution in [0.25, 0.3) is 0 Å². The Morgan fingerprint density at radius 2 is 1.96 bits per heavy atom. The molecule has 0 aliphatic heterocycles. The lowest BCUT2D eigenvalue weighted by molar-refractivity contribution is -0.139. The summed E-state index contributed by atoms with van der Waals surface area (Å²) in [4.78, 5) is 10.8. The molecular weight excluding hydrogens is 342 g/mol. The molecule has 0 heterocycles. The SMILES string of the molecule is O=C(O)COc1ccc2c(c1)CCCC2NS(=O)(=O)c1ccccc1. The Morgan fingerprint density at radius 1 is 1.20 bits per heavy atom. The molecule has 0 aromatic heterocycles. The lowest BCUT2D eigenvalue weighted by atomic mass is 9.88. The van der Waals surface area contributed by atoms with Gasteiger partial charge in [0, 0.05) is 6.04 Å². The van der Waals surface area contributed by atoms with Gasteiger partial charge in [0.2, 0.25) is 10.0 Å². The quantitative estimate of drug-likeness (QED) is 0.825. The third-order valence-corrected chi connectivity index (χ3v) is 5.63. The number of hydrogen-bond acceptors (Lipinski definition) is 4. The summed E-state index contributed by atoms with van der Waals surface area (Å²) in [5.74, 6) is -0.557. The molecule has 0 bridgehead atoms. The van der Waals surface area contributed by atoms with E-state index in [9.17, 15) is 13.2 Å². The molecule has 2 aromatic rings. The van der Waals surface area contributed by atoms with E-state index in [1.54, 1.807) is 42.5 Å². The van der Waals surface area contributed by atoms with Gasteiger partial charge >= 0.3 is 5.97 Å². The Morgan fingerprint density at radius 3 is 2.68 bits per heavy atom. The first kappa shape index (κ1) is 17.4. The Labute approximate surface area is 146 Å². The van der Waals surface area contributed by atoms with Crippen LogP contribution in [0.4, 0.5) is 0 Å². The van der Waals surface area contributed by atoms with Crippen molar-refractivity contribution >= 4 is 16.0 Å². The van der Waals surface area contributed by atoms with Crippen LogP contribution in [0.3, 0.4) is 0 Å². The van der Waals surface area contributed by atoms with E-state index in [1.807, 2.05) is 6.07 Å². The zero-order chi connectivity index (χ0) is 17.9. The van der Waals surface area contributed by atoms with E-state index in [4.69, 9.17) is 9.84 Å². The summed E-state index contributed by atoms with van der Waals surface area (Å²) in [6.07, 6.45) is 2.37. The Bertz CT molecular complexity index is 864.